The molecule has 0 radical (unpaired) electrons. The summed E-state index contributed by atoms with van der Waals surface area (Å²) in [6.45, 7) is 16.0. The Kier molecular flexibility index (Phi) is 6.35. The Hall–Kier alpha value is -3.24. The van der Waals surface area contributed by atoms with E-state index in [1.165, 1.54) is 6.21 Å². The van der Waals surface area contributed by atoms with Gasteiger partial charge in [-0.1, -0.05) is 33.8 Å². The summed E-state index contributed by atoms with van der Waals surface area (Å²) in [5, 5.41) is 15.9. The summed E-state index contributed by atoms with van der Waals surface area (Å²) in [5.41, 5.74) is 2.53. The molecule has 3 aromatic heterocycles. The average molecular weight is 506 g/mol. The van der Waals surface area contributed by atoms with Gasteiger partial charge < -0.3 is 15.6 Å². The number of aromatic nitrogens is 5. The predicted octanol–water partition coefficient (Wildman–Crippen LogP) is 3.78. The highest BCUT2D eigenvalue weighted by molar-refractivity contribution is 5.93. The third kappa shape index (κ3) is 4.31. The summed E-state index contributed by atoms with van der Waals surface area (Å²) in [6, 6.07) is 4.24. The van der Waals surface area contributed by atoms with Gasteiger partial charge in [0.1, 0.15) is 16.9 Å². The van der Waals surface area contributed by atoms with Gasteiger partial charge in [-0.2, -0.15) is 5.10 Å². The fraction of sp³-hybridized carbons (Fsp3) is 0.519. The minimum atomic E-state index is -1.05. The lowest BCUT2D eigenvalue weighted by Gasteiger charge is -2.37. The maximum atomic E-state index is 15.1. The number of halogens is 1. The number of anilines is 2. The summed E-state index contributed by atoms with van der Waals surface area (Å²) in [6.07, 6.45) is 4.26. The number of hydrogen-bond acceptors (Lipinski definition) is 8. The van der Waals surface area contributed by atoms with E-state index in [0.29, 0.717) is 11.5 Å². The van der Waals surface area contributed by atoms with Crippen LogP contribution in [0.1, 0.15) is 68.9 Å². The maximum Gasteiger partial charge on any atom is 0.228 e. The summed E-state index contributed by atoms with van der Waals surface area (Å²) >= 11 is 0. The number of piperazine rings is 1. The highest BCUT2D eigenvalue weighted by Gasteiger charge is 2.60. The SMILES string of the molecule is CCN1CCN(C(C)c2ccc(Nc3ncc(F)c(C4(C=N)c5nn(C)c(C(C)(C)C)c54)n3)nc2)CC1. The third-order valence-corrected chi connectivity index (χ3v) is 7.71. The summed E-state index contributed by atoms with van der Waals surface area (Å²) in [4.78, 5) is 18.2. The van der Waals surface area contributed by atoms with Gasteiger partial charge in [0.05, 0.1) is 11.9 Å². The van der Waals surface area contributed by atoms with Crippen LogP contribution >= 0.6 is 0 Å². The summed E-state index contributed by atoms with van der Waals surface area (Å²) in [5.74, 6) is 0.254. The van der Waals surface area contributed by atoms with E-state index in [1.807, 2.05) is 24.0 Å². The Labute approximate surface area is 217 Å². The van der Waals surface area contributed by atoms with Crippen LogP contribution in [0.4, 0.5) is 16.2 Å². The molecule has 4 heterocycles. The molecule has 1 saturated heterocycles. The summed E-state index contributed by atoms with van der Waals surface area (Å²) < 4.78 is 16.9. The molecule has 10 heteroatoms. The normalized spacial score (nSPS) is 20.9. The zero-order valence-corrected chi connectivity index (χ0v) is 22.5. The monoisotopic (exact) mass is 505 g/mol. The number of nitrogens with zero attached hydrogens (tertiary/aromatic N) is 7. The lowest BCUT2D eigenvalue weighted by atomic mass is 9.87. The van der Waals surface area contributed by atoms with Gasteiger partial charge in [-0.15, -0.1) is 0 Å². The number of hydrogen-bond donors (Lipinski definition) is 2. The molecule has 0 saturated carbocycles. The van der Waals surface area contributed by atoms with Gasteiger partial charge in [-0.25, -0.2) is 19.3 Å². The molecule has 0 spiro atoms. The molecule has 0 aromatic carbocycles. The van der Waals surface area contributed by atoms with Gasteiger partial charge in [-0.3, -0.25) is 9.58 Å². The first-order valence-electron chi connectivity index (χ1n) is 12.9. The lowest BCUT2D eigenvalue weighted by molar-refractivity contribution is 0.106. The van der Waals surface area contributed by atoms with Gasteiger partial charge >= 0.3 is 0 Å². The molecular formula is C27H36FN9. The fourth-order valence-electron chi connectivity index (χ4n) is 5.59. The standard InChI is InChI=1S/C27H36FN9/c1-7-36-10-12-37(13-11-36)17(2)18-8-9-20(30-14-18)32-25-31-15-19(28)22(33-25)27(16-29)21-23(27)34-35(6)24(21)26(3,4)5/h8-9,14-17,29H,7,10-13H2,1-6H3,(H,30,31,32,33). The third-order valence-electron chi connectivity index (χ3n) is 7.71. The van der Waals surface area contributed by atoms with Crippen LogP contribution in [0.3, 0.4) is 0 Å². The molecule has 2 unspecified atom stereocenters. The number of pyridine rings is 1. The molecule has 1 fully saturated rings. The zero-order chi connectivity index (χ0) is 26.5. The van der Waals surface area contributed by atoms with Crippen LogP contribution in [0, 0.1) is 11.2 Å². The minimum absolute atomic E-state index is 0.139. The molecule has 3 aromatic rings. The highest BCUT2D eigenvalue weighted by Crippen LogP contribution is 2.56. The molecule has 1 aliphatic heterocycles. The predicted molar refractivity (Wildman–Crippen MR) is 142 cm³/mol. The number of rotatable bonds is 7. The number of fused-ring (bicyclic) bond motifs is 1. The van der Waals surface area contributed by atoms with E-state index >= 15 is 4.39 Å². The molecule has 2 atom stereocenters. The van der Waals surface area contributed by atoms with E-state index in [-0.39, 0.29) is 23.1 Å². The Morgan fingerprint density at radius 2 is 1.86 bits per heavy atom. The zero-order valence-electron chi connectivity index (χ0n) is 22.5. The van der Waals surface area contributed by atoms with Crippen molar-refractivity contribution in [2.75, 3.05) is 38.0 Å². The second-order valence-corrected chi connectivity index (χ2v) is 11.0. The van der Waals surface area contributed by atoms with Gasteiger partial charge in [0.25, 0.3) is 0 Å². The molecule has 0 amide bonds. The second kappa shape index (κ2) is 9.25. The first-order valence-corrected chi connectivity index (χ1v) is 12.9. The van der Waals surface area contributed by atoms with Crippen molar-refractivity contribution in [3.8, 4) is 0 Å². The quantitative estimate of drug-likeness (QED) is 0.472. The van der Waals surface area contributed by atoms with Crippen molar-refractivity contribution in [3.63, 3.8) is 0 Å². The van der Waals surface area contributed by atoms with Crippen LogP contribution in [0.2, 0.25) is 0 Å². The van der Waals surface area contributed by atoms with E-state index < -0.39 is 11.2 Å². The molecule has 2 N–H and O–H groups in total. The molecular weight excluding hydrogens is 469 g/mol. The van der Waals surface area contributed by atoms with Crippen molar-refractivity contribution in [2.45, 2.75) is 51.5 Å². The largest absolute Gasteiger partial charge is 0.311 e. The van der Waals surface area contributed by atoms with Crippen molar-refractivity contribution in [1.82, 2.24) is 34.5 Å². The van der Waals surface area contributed by atoms with Crippen molar-refractivity contribution < 1.29 is 4.39 Å². The Bertz CT molecular complexity index is 1300. The smallest absolute Gasteiger partial charge is 0.228 e. The Balaban J connectivity index is 1.35. The van der Waals surface area contributed by atoms with Gasteiger partial charge in [-0.05, 0) is 25.1 Å². The van der Waals surface area contributed by atoms with E-state index in [9.17, 15) is 0 Å². The fourth-order valence-corrected chi connectivity index (χ4v) is 5.59. The van der Waals surface area contributed by atoms with Crippen LogP contribution in [0.25, 0.3) is 0 Å². The second-order valence-electron chi connectivity index (χ2n) is 11.0. The number of likely N-dealkylation sites (N-methyl/N-ethyl adjacent to an activating group) is 1. The molecule has 196 valence electrons. The van der Waals surface area contributed by atoms with Crippen LogP contribution in [0.15, 0.2) is 24.5 Å². The first kappa shape index (κ1) is 25.4. The molecule has 0 bridgehead atoms. The molecule has 37 heavy (non-hydrogen) atoms. The molecule has 5 rings (SSSR count). The Morgan fingerprint density at radius 3 is 2.46 bits per heavy atom. The van der Waals surface area contributed by atoms with Crippen LogP contribution in [0.5, 0.6) is 0 Å². The molecule has 9 nitrogen and oxygen atoms in total. The first-order chi connectivity index (χ1) is 17.6. The van der Waals surface area contributed by atoms with Crippen LogP contribution in [-0.4, -0.2) is 73.5 Å². The van der Waals surface area contributed by atoms with Gasteiger partial charge in [0, 0.05) is 68.4 Å². The highest BCUT2D eigenvalue weighted by atomic mass is 19.1. The molecule has 2 aliphatic rings. The van der Waals surface area contributed by atoms with Gasteiger partial charge in [0.15, 0.2) is 5.82 Å². The van der Waals surface area contributed by atoms with Crippen molar-refractivity contribution in [1.29, 1.82) is 5.41 Å². The van der Waals surface area contributed by atoms with Crippen LogP contribution in [-0.2, 0) is 17.9 Å². The van der Waals surface area contributed by atoms with Crippen molar-refractivity contribution in [2.24, 2.45) is 7.05 Å². The van der Waals surface area contributed by atoms with E-state index in [1.54, 1.807) is 0 Å². The maximum absolute atomic E-state index is 15.1. The topological polar surface area (TPSA) is 98.8 Å². The number of nitrogens with one attached hydrogen (secondary N) is 2. The lowest BCUT2D eigenvalue weighted by Crippen LogP contribution is -2.46. The van der Waals surface area contributed by atoms with Crippen LogP contribution < -0.4 is 5.32 Å². The van der Waals surface area contributed by atoms with Gasteiger partial charge in [0.2, 0.25) is 5.95 Å². The molecule has 1 aliphatic carbocycles. The summed E-state index contributed by atoms with van der Waals surface area (Å²) in [7, 11) is 1.88. The van der Waals surface area contributed by atoms with E-state index in [4.69, 9.17) is 5.41 Å². The number of aryl methyl sites for hydroxylation is 1. The van der Waals surface area contributed by atoms with Crippen molar-refractivity contribution in [3.05, 3.63) is 58.6 Å². The Morgan fingerprint density at radius 1 is 1.14 bits per heavy atom. The van der Waals surface area contributed by atoms with E-state index in [0.717, 1.165) is 55.7 Å². The van der Waals surface area contributed by atoms with E-state index in [2.05, 4.69) is 75.9 Å². The van der Waals surface area contributed by atoms with Crippen molar-refractivity contribution >= 4 is 18.0 Å². The average Bonchev–Trinajstić information content (AvgIpc) is 3.32. The minimum Gasteiger partial charge on any atom is -0.311 e.